The fourth-order valence-corrected chi connectivity index (χ4v) is 2.76. The van der Waals surface area contributed by atoms with Gasteiger partial charge in [0.05, 0.1) is 0 Å². The van der Waals surface area contributed by atoms with Crippen LogP contribution in [0.2, 0.25) is 0 Å². The molecule has 0 spiro atoms. The Balaban J connectivity index is 1.45. The van der Waals surface area contributed by atoms with Crippen molar-refractivity contribution >= 4 is 40.3 Å². The number of fused-ring (bicyclic) bond motifs is 1. The average Bonchev–Trinajstić information content (AvgIpc) is 2.76. The second-order valence-electron chi connectivity index (χ2n) is 6.65. The Bertz CT molecular complexity index is 1080. The third-order valence-corrected chi connectivity index (χ3v) is 4.33. The normalized spacial score (nSPS) is 11.8. The summed E-state index contributed by atoms with van der Waals surface area (Å²) in [4.78, 5) is 36.0. The smallest absolute Gasteiger partial charge is 0.326 e. The number of hydrogen-bond acceptors (Lipinski definition) is 4. The van der Waals surface area contributed by atoms with Gasteiger partial charge in [0.15, 0.2) is 6.10 Å². The van der Waals surface area contributed by atoms with E-state index in [1.807, 2.05) is 66.7 Å². The molecule has 3 aromatic carbocycles. The van der Waals surface area contributed by atoms with Gasteiger partial charge in [0, 0.05) is 11.8 Å². The molecule has 152 valence electrons. The molecule has 0 saturated carbocycles. The highest BCUT2D eigenvalue weighted by Crippen LogP contribution is 2.19. The second-order valence-corrected chi connectivity index (χ2v) is 6.65. The highest BCUT2D eigenvalue weighted by Gasteiger charge is 2.18. The van der Waals surface area contributed by atoms with Crippen molar-refractivity contribution in [2.45, 2.75) is 13.0 Å². The number of carbonyl (C=O) groups excluding carboxylic acids is 3. The van der Waals surface area contributed by atoms with Crippen molar-refractivity contribution < 1.29 is 19.1 Å². The van der Waals surface area contributed by atoms with Crippen molar-refractivity contribution in [1.82, 2.24) is 5.32 Å². The van der Waals surface area contributed by atoms with Crippen LogP contribution in [-0.4, -0.2) is 30.4 Å². The third-order valence-electron chi connectivity index (χ3n) is 4.33. The second kappa shape index (κ2) is 10.0. The van der Waals surface area contributed by atoms with E-state index in [9.17, 15) is 14.4 Å². The summed E-state index contributed by atoms with van der Waals surface area (Å²) in [5.74, 6) is -1.57. The van der Waals surface area contributed by atoms with Crippen molar-refractivity contribution in [3.63, 3.8) is 0 Å². The van der Waals surface area contributed by atoms with E-state index in [-0.39, 0.29) is 6.54 Å². The molecule has 0 saturated heterocycles. The largest absolute Gasteiger partial charge is 0.451 e. The number of benzene rings is 3. The fourth-order valence-electron chi connectivity index (χ4n) is 2.76. The molecule has 2 amide bonds. The first-order chi connectivity index (χ1) is 14.5. The minimum atomic E-state index is -0.999. The van der Waals surface area contributed by atoms with Crippen LogP contribution in [0.15, 0.2) is 78.9 Å². The van der Waals surface area contributed by atoms with Crippen LogP contribution in [0.3, 0.4) is 0 Å². The number of hydrogen-bond donors (Lipinski definition) is 2. The van der Waals surface area contributed by atoms with Crippen LogP contribution in [-0.2, 0) is 19.1 Å². The van der Waals surface area contributed by atoms with Crippen molar-refractivity contribution in [3.05, 3.63) is 84.4 Å². The maximum atomic E-state index is 12.3. The highest BCUT2D eigenvalue weighted by molar-refractivity contribution is 5.98. The Morgan fingerprint density at radius 2 is 1.63 bits per heavy atom. The Hall–Kier alpha value is -3.93. The standard InChI is InChI=1S/C24H22N2O4/c1-17(24(29)26-21-13-12-19-9-5-6-10-20(19)15-21)30-23(28)16-25-22(27)14-11-18-7-3-2-4-8-18/h2-15,17H,16H2,1H3,(H,25,27)(H,26,29)/b14-11+/t17-/m0/s1. The van der Waals surface area contributed by atoms with Crippen molar-refractivity contribution in [2.75, 3.05) is 11.9 Å². The molecule has 0 aliphatic carbocycles. The maximum Gasteiger partial charge on any atom is 0.326 e. The number of anilines is 1. The molecule has 0 radical (unpaired) electrons. The van der Waals surface area contributed by atoms with Gasteiger partial charge in [0.1, 0.15) is 6.54 Å². The van der Waals surface area contributed by atoms with Crippen molar-refractivity contribution in [2.24, 2.45) is 0 Å². The summed E-state index contributed by atoms with van der Waals surface area (Å²) in [6, 6.07) is 22.6. The number of amides is 2. The molecule has 0 bridgehead atoms. The minimum absolute atomic E-state index is 0.328. The van der Waals surface area contributed by atoms with Crippen molar-refractivity contribution in [1.29, 1.82) is 0 Å². The van der Waals surface area contributed by atoms with Gasteiger partial charge in [0.2, 0.25) is 5.91 Å². The average molecular weight is 402 g/mol. The van der Waals surface area contributed by atoms with E-state index in [1.165, 1.54) is 13.0 Å². The number of esters is 1. The van der Waals surface area contributed by atoms with E-state index in [4.69, 9.17) is 4.74 Å². The van der Waals surface area contributed by atoms with Crippen LogP contribution in [0.25, 0.3) is 16.8 Å². The lowest BCUT2D eigenvalue weighted by Crippen LogP contribution is -2.35. The van der Waals surface area contributed by atoms with Crippen LogP contribution >= 0.6 is 0 Å². The molecule has 0 unspecified atom stereocenters. The Morgan fingerprint density at radius 1 is 0.933 bits per heavy atom. The van der Waals surface area contributed by atoms with Gasteiger partial charge >= 0.3 is 5.97 Å². The van der Waals surface area contributed by atoms with Crippen LogP contribution in [0.4, 0.5) is 5.69 Å². The molecule has 1 atom stereocenters. The Kier molecular flexibility index (Phi) is 6.95. The van der Waals surface area contributed by atoms with E-state index in [0.717, 1.165) is 16.3 Å². The summed E-state index contributed by atoms with van der Waals surface area (Å²) >= 11 is 0. The Morgan fingerprint density at radius 3 is 2.40 bits per heavy atom. The lowest BCUT2D eigenvalue weighted by atomic mass is 10.1. The van der Waals surface area contributed by atoms with E-state index in [2.05, 4.69) is 10.6 Å². The summed E-state index contributed by atoms with van der Waals surface area (Å²) in [5, 5.41) is 7.22. The summed E-state index contributed by atoms with van der Waals surface area (Å²) in [5.41, 5.74) is 1.48. The molecule has 30 heavy (non-hydrogen) atoms. The van der Waals surface area contributed by atoms with Crippen LogP contribution in [0.5, 0.6) is 0 Å². The van der Waals surface area contributed by atoms with Crippen LogP contribution in [0.1, 0.15) is 12.5 Å². The number of nitrogens with one attached hydrogen (secondary N) is 2. The lowest BCUT2D eigenvalue weighted by molar-refractivity contribution is -0.152. The van der Waals surface area contributed by atoms with E-state index < -0.39 is 23.9 Å². The third kappa shape index (κ3) is 6.04. The zero-order valence-electron chi connectivity index (χ0n) is 16.5. The van der Waals surface area contributed by atoms with Gasteiger partial charge in [-0.2, -0.15) is 0 Å². The predicted octanol–water partition coefficient (Wildman–Crippen LogP) is 3.54. The predicted molar refractivity (Wildman–Crippen MR) is 117 cm³/mol. The quantitative estimate of drug-likeness (QED) is 0.468. The first-order valence-electron chi connectivity index (χ1n) is 9.51. The molecule has 0 aliphatic heterocycles. The molecule has 6 heteroatoms. The zero-order valence-corrected chi connectivity index (χ0v) is 16.5. The lowest BCUT2D eigenvalue weighted by Gasteiger charge is -2.14. The van der Waals surface area contributed by atoms with E-state index in [1.54, 1.807) is 12.1 Å². The van der Waals surface area contributed by atoms with Gasteiger partial charge in [0.25, 0.3) is 5.91 Å². The summed E-state index contributed by atoms with van der Waals surface area (Å²) in [7, 11) is 0. The van der Waals surface area contributed by atoms with Gasteiger partial charge in [-0.05, 0) is 41.5 Å². The summed E-state index contributed by atoms with van der Waals surface area (Å²) in [6.07, 6.45) is 1.97. The maximum absolute atomic E-state index is 12.3. The summed E-state index contributed by atoms with van der Waals surface area (Å²) in [6.45, 7) is 1.15. The fraction of sp³-hybridized carbons (Fsp3) is 0.125. The molecule has 3 rings (SSSR count). The summed E-state index contributed by atoms with van der Waals surface area (Å²) < 4.78 is 5.10. The van der Waals surface area contributed by atoms with Crippen molar-refractivity contribution in [3.8, 4) is 0 Å². The monoisotopic (exact) mass is 402 g/mol. The van der Waals surface area contributed by atoms with Gasteiger partial charge < -0.3 is 15.4 Å². The molecular formula is C24H22N2O4. The van der Waals surface area contributed by atoms with Gasteiger partial charge in [-0.3, -0.25) is 14.4 Å². The van der Waals surface area contributed by atoms with Crippen LogP contribution in [0, 0.1) is 0 Å². The molecule has 0 aliphatic rings. The van der Waals surface area contributed by atoms with Gasteiger partial charge in [-0.1, -0.05) is 60.7 Å². The Labute approximate surface area is 174 Å². The molecule has 3 aromatic rings. The minimum Gasteiger partial charge on any atom is -0.451 e. The number of carbonyl (C=O) groups is 3. The zero-order chi connectivity index (χ0) is 21.3. The highest BCUT2D eigenvalue weighted by atomic mass is 16.5. The SMILES string of the molecule is C[C@H](OC(=O)CNC(=O)/C=C/c1ccccc1)C(=O)Nc1ccc2ccccc2c1. The first-order valence-corrected chi connectivity index (χ1v) is 9.51. The van der Waals surface area contributed by atoms with E-state index in [0.29, 0.717) is 5.69 Å². The molecule has 0 heterocycles. The van der Waals surface area contributed by atoms with E-state index >= 15 is 0 Å². The van der Waals surface area contributed by atoms with Gasteiger partial charge in [-0.15, -0.1) is 0 Å². The first kappa shape index (κ1) is 20.8. The topological polar surface area (TPSA) is 84.5 Å². The number of rotatable bonds is 7. The number of ether oxygens (including phenoxy) is 1. The van der Waals surface area contributed by atoms with Gasteiger partial charge in [-0.25, -0.2) is 0 Å². The molecule has 0 aromatic heterocycles. The molecular weight excluding hydrogens is 380 g/mol. The molecule has 6 nitrogen and oxygen atoms in total. The molecule has 0 fully saturated rings. The molecule has 2 N–H and O–H groups in total. The van der Waals surface area contributed by atoms with Crippen LogP contribution < -0.4 is 10.6 Å².